The highest BCUT2D eigenvalue weighted by Gasteiger charge is 2.05. The molecule has 0 amide bonds. The van der Waals surface area contributed by atoms with E-state index in [-0.39, 0.29) is 5.69 Å². The second-order valence-corrected chi connectivity index (χ2v) is 3.19. The summed E-state index contributed by atoms with van der Waals surface area (Å²) in [6.07, 6.45) is 3.47. The lowest BCUT2D eigenvalue weighted by atomic mass is 10.6. The van der Waals surface area contributed by atoms with Crippen molar-refractivity contribution in [1.29, 1.82) is 0 Å². The molecule has 0 radical (unpaired) electrons. The zero-order valence-corrected chi connectivity index (χ0v) is 8.66. The molecular weight excluding hydrogens is 196 g/mol. The van der Waals surface area contributed by atoms with E-state index in [0.717, 1.165) is 0 Å². The average Bonchev–Trinajstić information content (AvgIpc) is 2.76. The van der Waals surface area contributed by atoms with Gasteiger partial charge in [-0.3, -0.25) is 9.13 Å². The largest absolute Gasteiger partial charge is 0.328 e. The number of aromatic nitrogens is 6. The number of imidazole rings is 1. The van der Waals surface area contributed by atoms with Gasteiger partial charge in [0.25, 0.3) is 0 Å². The van der Waals surface area contributed by atoms with Gasteiger partial charge in [-0.15, -0.1) is 10.2 Å². The molecule has 0 aliphatic rings. The minimum absolute atomic E-state index is 0.0510. The van der Waals surface area contributed by atoms with Gasteiger partial charge in [0.05, 0.1) is 13.6 Å². The standard InChI is InChI=1S/C8H12N6O/c1-3-13-4-5-14(8(13)15)6-7-9-11-12(2)10-7/h4-5H,3,6H2,1-2H3. The highest BCUT2D eigenvalue weighted by Crippen LogP contribution is 1.91. The van der Waals surface area contributed by atoms with E-state index >= 15 is 0 Å². The van der Waals surface area contributed by atoms with Crippen molar-refractivity contribution in [2.24, 2.45) is 7.05 Å². The van der Waals surface area contributed by atoms with Gasteiger partial charge in [0.1, 0.15) is 0 Å². The lowest BCUT2D eigenvalue weighted by molar-refractivity contribution is 0.620. The van der Waals surface area contributed by atoms with Gasteiger partial charge in [-0.25, -0.2) is 4.79 Å². The Labute approximate surface area is 85.9 Å². The molecule has 2 heterocycles. The van der Waals surface area contributed by atoms with E-state index in [1.807, 2.05) is 6.92 Å². The van der Waals surface area contributed by atoms with Crippen molar-refractivity contribution in [2.45, 2.75) is 20.0 Å². The van der Waals surface area contributed by atoms with Crippen LogP contribution in [0.3, 0.4) is 0 Å². The van der Waals surface area contributed by atoms with Crippen molar-refractivity contribution < 1.29 is 0 Å². The quantitative estimate of drug-likeness (QED) is 0.665. The predicted octanol–water partition coefficient (Wildman–Crippen LogP) is -0.759. The first-order valence-electron chi connectivity index (χ1n) is 4.69. The molecule has 0 aliphatic carbocycles. The van der Waals surface area contributed by atoms with Crippen LogP contribution in [0.25, 0.3) is 0 Å². The van der Waals surface area contributed by atoms with Crippen LogP contribution in [0.4, 0.5) is 0 Å². The van der Waals surface area contributed by atoms with Crippen LogP contribution < -0.4 is 5.69 Å². The maximum atomic E-state index is 11.7. The average molecular weight is 208 g/mol. The highest BCUT2D eigenvalue weighted by molar-refractivity contribution is 4.87. The Kier molecular flexibility index (Phi) is 2.36. The first-order chi connectivity index (χ1) is 7.20. The van der Waals surface area contributed by atoms with E-state index in [1.165, 1.54) is 4.80 Å². The summed E-state index contributed by atoms with van der Waals surface area (Å²) in [5, 5.41) is 11.5. The van der Waals surface area contributed by atoms with Crippen LogP contribution in [0.5, 0.6) is 0 Å². The van der Waals surface area contributed by atoms with Crippen LogP contribution in [0.15, 0.2) is 17.2 Å². The number of hydrogen-bond donors (Lipinski definition) is 0. The van der Waals surface area contributed by atoms with Crippen molar-refractivity contribution in [3.8, 4) is 0 Å². The summed E-state index contributed by atoms with van der Waals surface area (Å²) < 4.78 is 3.18. The van der Waals surface area contributed by atoms with Crippen molar-refractivity contribution in [3.05, 3.63) is 28.7 Å². The molecule has 2 aromatic rings. The maximum Gasteiger partial charge on any atom is 0.328 e. The topological polar surface area (TPSA) is 70.5 Å². The molecule has 80 valence electrons. The fourth-order valence-corrected chi connectivity index (χ4v) is 1.35. The Balaban J connectivity index is 2.25. The number of tetrazole rings is 1. The number of nitrogens with zero attached hydrogens (tertiary/aromatic N) is 6. The Morgan fingerprint density at radius 1 is 1.33 bits per heavy atom. The molecule has 0 N–H and O–H groups in total. The van der Waals surface area contributed by atoms with Crippen LogP contribution in [0.1, 0.15) is 12.7 Å². The normalized spacial score (nSPS) is 10.8. The third-order valence-electron chi connectivity index (χ3n) is 2.12. The predicted molar refractivity (Wildman–Crippen MR) is 52.3 cm³/mol. The van der Waals surface area contributed by atoms with Crippen LogP contribution >= 0.6 is 0 Å². The maximum absolute atomic E-state index is 11.7. The number of rotatable bonds is 3. The zero-order chi connectivity index (χ0) is 10.8. The van der Waals surface area contributed by atoms with Gasteiger partial charge in [-0.1, -0.05) is 0 Å². The van der Waals surface area contributed by atoms with Gasteiger partial charge in [-0.05, 0) is 12.1 Å². The third kappa shape index (κ3) is 1.80. The molecular formula is C8H12N6O. The van der Waals surface area contributed by atoms with Crippen LogP contribution in [-0.2, 0) is 20.1 Å². The van der Waals surface area contributed by atoms with Crippen LogP contribution in [0, 0.1) is 0 Å². The summed E-state index contributed by atoms with van der Waals surface area (Å²) in [4.78, 5) is 13.0. The molecule has 0 atom stereocenters. The summed E-state index contributed by atoms with van der Waals surface area (Å²) >= 11 is 0. The Morgan fingerprint density at radius 2 is 2.07 bits per heavy atom. The van der Waals surface area contributed by atoms with Gasteiger partial charge in [0.15, 0.2) is 5.82 Å². The van der Waals surface area contributed by atoms with Crippen molar-refractivity contribution in [3.63, 3.8) is 0 Å². The highest BCUT2D eigenvalue weighted by atomic mass is 16.1. The van der Waals surface area contributed by atoms with Gasteiger partial charge in [-0.2, -0.15) is 4.80 Å². The summed E-state index contributed by atoms with van der Waals surface area (Å²) in [6.45, 7) is 2.95. The van der Waals surface area contributed by atoms with Crippen molar-refractivity contribution in [1.82, 2.24) is 29.3 Å². The molecule has 7 nitrogen and oxygen atoms in total. The fraction of sp³-hybridized carbons (Fsp3) is 0.500. The second kappa shape index (κ2) is 3.68. The van der Waals surface area contributed by atoms with E-state index in [2.05, 4.69) is 15.4 Å². The molecule has 2 aromatic heterocycles. The van der Waals surface area contributed by atoms with Crippen LogP contribution in [-0.4, -0.2) is 29.3 Å². The second-order valence-electron chi connectivity index (χ2n) is 3.19. The smallest absolute Gasteiger partial charge is 0.300 e. The lowest BCUT2D eigenvalue weighted by Gasteiger charge is -1.95. The Morgan fingerprint density at radius 3 is 2.60 bits per heavy atom. The first-order valence-corrected chi connectivity index (χ1v) is 4.69. The summed E-state index contributed by atoms with van der Waals surface area (Å²) in [5.41, 5.74) is -0.0510. The zero-order valence-electron chi connectivity index (χ0n) is 8.66. The monoisotopic (exact) mass is 208 g/mol. The molecule has 0 bridgehead atoms. The third-order valence-corrected chi connectivity index (χ3v) is 2.12. The van der Waals surface area contributed by atoms with E-state index in [4.69, 9.17) is 0 Å². The molecule has 0 unspecified atom stereocenters. The number of aryl methyl sites for hydroxylation is 2. The summed E-state index contributed by atoms with van der Waals surface area (Å²) in [7, 11) is 1.69. The summed E-state index contributed by atoms with van der Waals surface area (Å²) in [5.74, 6) is 0.536. The van der Waals surface area contributed by atoms with Gasteiger partial charge < -0.3 is 0 Å². The lowest BCUT2D eigenvalue weighted by Crippen LogP contribution is -2.24. The molecule has 0 saturated carbocycles. The minimum Gasteiger partial charge on any atom is -0.300 e. The molecule has 0 fully saturated rings. The molecule has 0 aliphatic heterocycles. The van der Waals surface area contributed by atoms with E-state index in [0.29, 0.717) is 18.9 Å². The molecule has 15 heavy (non-hydrogen) atoms. The first kappa shape index (κ1) is 9.63. The molecule has 2 rings (SSSR count). The SMILES string of the molecule is CCn1ccn(Cc2nnn(C)n2)c1=O. The Hall–Kier alpha value is -1.92. The Bertz CT molecular complexity index is 507. The summed E-state index contributed by atoms with van der Waals surface area (Å²) in [6, 6.07) is 0. The molecule has 7 heteroatoms. The van der Waals surface area contributed by atoms with Gasteiger partial charge in [0.2, 0.25) is 0 Å². The van der Waals surface area contributed by atoms with Gasteiger partial charge in [0, 0.05) is 18.9 Å². The van der Waals surface area contributed by atoms with E-state index in [1.54, 1.807) is 28.6 Å². The minimum atomic E-state index is -0.0510. The fourth-order valence-electron chi connectivity index (χ4n) is 1.35. The van der Waals surface area contributed by atoms with Crippen LogP contribution in [0.2, 0.25) is 0 Å². The van der Waals surface area contributed by atoms with E-state index < -0.39 is 0 Å². The molecule has 0 saturated heterocycles. The van der Waals surface area contributed by atoms with Gasteiger partial charge >= 0.3 is 5.69 Å². The van der Waals surface area contributed by atoms with E-state index in [9.17, 15) is 4.79 Å². The van der Waals surface area contributed by atoms with Crippen molar-refractivity contribution >= 4 is 0 Å². The van der Waals surface area contributed by atoms with Crippen molar-refractivity contribution in [2.75, 3.05) is 0 Å². The molecule has 0 spiro atoms. The number of hydrogen-bond acceptors (Lipinski definition) is 4. The molecule has 0 aromatic carbocycles.